The second kappa shape index (κ2) is 8.08. The van der Waals surface area contributed by atoms with Gasteiger partial charge in [0.1, 0.15) is 12.4 Å². The average Bonchev–Trinajstić information content (AvgIpc) is 2.45. The van der Waals surface area contributed by atoms with E-state index in [1.165, 1.54) is 0 Å². The van der Waals surface area contributed by atoms with Crippen molar-refractivity contribution in [3.8, 4) is 0 Å². The fourth-order valence-electron chi connectivity index (χ4n) is 1.75. The third kappa shape index (κ3) is 5.43. The Labute approximate surface area is 122 Å². The number of hydrogen-bond acceptors (Lipinski definition) is 7. The molecule has 21 heavy (non-hydrogen) atoms. The summed E-state index contributed by atoms with van der Waals surface area (Å²) >= 11 is 0. The van der Waals surface area contributed by atoms with Crippen molar-refractivity contribution in [2.24, 2.45) is 5.92 Å². The van der Waals surface area contributed by atoms with E-state index in [1.807, 2.05) is 0 Å². The maximum Gasteiger partial charge on any atom is 0.335 e. The third-order valence-electron chi connectivity index (χ3n) is 3.03. The van der Waals surface area contributed by atoms with Crippen LogP contribution in [0.2, 0.25) is 0 Å². The molecular weight excluding hydrogens is 282 g/mol. The van der Waals surface area contributed by atoms with Crippen LogP contribution in [0.3, 0.4) is 0 Å². The number of ether oxygens (including phenoxy) is 2. The van der Waals surface area contributed by atoms with Crippen molar-refractivity contribution in [1.29, 1.82) is 0 Å². The van der Waals surface area contributed by atoms with Crippen LogP contribution in [0.25, 0.3) is 0 Å². The summed E-state index contributed by atoms with van der Waals surface area (Å²) in [6.45, 7) is 5.89. The Balaban J connectivity index is 2.39. The largest absolute Gasteiger partial charge is 0.479 e. The Morgan fingerprint density at radius 1 is 1.57 bits per heavy atom. The molecule has 1 aliphatic heterocycles. The fourth-order valence-corrected chi connectivity index (χ4v) is 1.75. The minimum atomic E-state index is -1.53. The monoisotopic (exact) mass is 303 g/mol. The van der Waals surface area contributed by atoms with Crippen LogP contribution < -0.4 is 5.32 Å². The number of carbonyl (C=O) groups is 2. The van der Waals surface area contributed by atoms with E-state index in [9.17, 15) is 19.8 Å². The lowest BCUT2D eigenvalue weighted by molar-refractivity contribution is -0.249. The van der Waals surface area contributed by atoms with Crippen molar-refractivity contribution >= 4 is 12.3 Å². The van der Waals surface area contributed by atoms with Crippen LogP contribution in [0.5, 0.6) is 0 Å². The Morgan fingerprint density at radius 2 is 2.24 bits per heavy atom. The van der Waals surface area contributed by atoms with Gasteiger partial charge >= 0.3 is 5.97 Å². The van der Waals surface area contributed by atoms with Crippen LogP contribution >= 0.6 is 0 Å². The van der Waals surface area contributed by atoms with Crippen molar-refractivity contribution in [2.45, 2.75) is 37.9 Å². The molecule has 0 amide bonds. The first-order valence-corrected chi connectivity index (χ1v) is 6.58. The van der Waals surface area contributed by atoms with Gasteiger partial charge in [0.25, 0.3) is 0 Å². The van der Waals surface area contributed by atoms with Crippen molar-refractivity contribution in [3.05, 3.63) is 12.3 Å². The Hall–Kier alpha value is -1.48. The van der Waals surface area contributed by atoms with Gasteiger partial charge in [-0.2, -0.15) is 0 Å². The van der Waals surface area contributed by atoms with Gasteiger partial charge in [-0.3, -0.25) is 0 Å². The molecule has 1 rings (SSSR count). The SMILES string of the molecule is C=C(COC1C[C@@H](O)C(O)C(C(=O)O)O1)NC[C@H](C)C=O. The summed E-state index contributed by atoms with van der Waals surface area (Å²) in [6, 6.07) is 0. The minimum absolute atomic E-state index is 0.0331. The van der Waals surface area contributed by atoms with Gasteiger partial charge in [-0.05, 0) is 0 Å². The molecule has 120 valence electrons. The maximum absolute atomic E-state index is 10.9. The van der Waals surface area contributed by atoms with Crippen LogP contribution in [0.4, 0.5) is 0 Å². The summed E-state index contributed by atoms with van der Waals surface area (Å²) in [5.41, 5.74) is 0.500. The van der Waals surface area contributed by atoms with Crippen LogP contribution in [0.1, 0.15) is 13.3 Å². The molecule has 0 aliphatic carbocycles. The molecule has 4 N–H and O–H groups in total. The second-order valence-electron chi connectivity index (χ2n) is 5.03. The standard InChI is InChI=1S/C13H21NO7/c1-7(5-15)4-14-8(2)6-20-10-3-9(16)11(17)12(21-10)13(18)19/h5,7,9-12,14,16-17H,2-4,6H2,1H3,(H,18,19)/t7-,9+,10?,11?,12?/m0/s1. The van der Waals surface area contributed by atoms with Gasteiger partial charge in [0.05, 0.1) is 12.7 Å². The molecule has 5 atom stereocenters. The van der Waals surface area contributed by atoms with Crippen LogP contribution in [0, 0.1) is 5.92 Å². The van der Waals surface area contributed by atoms with Gasteiger partial charge in [-0.25, -0.2) is 4.79 Å². The van der Waals surface area contributed by atoms with Crippen LogP contribution in [-0.4, -0.2) is 65.3 Å². The summed E-state index contributed by atoms with van der Waals surface area (Å²) in [7, 11) is 0. The molecule has 0 spiro atoms. The third-order valence-corrected chi connectivity index (χ3v) is 3.03. The predicted molar refractivity (Wildman–Crippen MR) is 71.3 cm³/mol. The molecule has 1 saturated heterocycles. The quantitative estimate of drug-likeness (QED) is 0.415. The highest BCUT2D eigenvalue weighted by Crippen LogP contribution is 2.21. The van der Waals surface area contributed by atoms with E-state index in [4.69, 9.17) is 14.6 Å². The van der Waals surface area contributed by atoms with E-state index in [1.54, 1.807) is 6.92 Å². The van der Waals surface area contributed by atoms with E-state index in [2.05, 4.69) is 11.9 Å². The molecule has 1 heterocycles. The number of aliphatic hydroxyl groups is 2. The van der Waals surface area contributed by atoms with Crippen LogP contribution in [0.15, 0.2) is 12.3 Å². The lowest BCUT2D eigenvalue weighted by Crippen LogP contribution is -2.52. The lowest BCUT2D eigenvalue weighted by Gasteiger charge is -2.34. The van der Waals surface area contributed by atoms with Crippen molar-refractivity contribution in [1.82, 2.24) is 5.32 Å². The van der Waals surface area contributed by atoms with E-state index < -0.39 is 30.6 Å². The van der Waals surface area contributed by atoms with Gasteiger partial charge in [0.15, 0.2) is 12.4 Å². The average molecular weight is 303 g/mol. The normalized spacial score (nSPS) is 30.4. The van der Waals surface area contributed by atoms with Gasteiger partial charge in [0, 0.05) is 24.6 Å². The first kappa shape index (κ1) is 17.6. The molecule has 0 aromatic rings. The van der Waals surface area contributed by atoms with Crippen molar-refractivity contribution in [3.63, 3.8) is 0 Å². The van der Waals surface area contributed by atoms with Gasteiger partial charge in [-0.15, -0.1) is 0 Å². The zero-order valence-electron chi connectivity index (χ0n) is 11.8. The van der Waals surface area contributed by atoms with Gasteiger partial charge in [-0.1, -0.05) is 13.5 Å². The minimum Gasteiger partial charge on any atom is -0.479 e. The zero-order valence-corrected chi connectivity index (χ0v) is 11.8. The lowest BCUT2D eigenvalue weighted by atomic mass is 10.0. The number of aldehydes is 1. The fraction of sp³-hybridized carbons (Fsp3) is 0.692. The molecular formula is C13H21NO7. The summed E-state index contributed by atoms with van der Waals surface area (Å²) in [5, 5.41) is 30.9. The molecule has 0 aromatic heterocycles. The smallest absolute Gasteiger partial charge is 0.335 e. The summed E-state index contributed by atoms with van der Waals surface area (Å²) in [4.78, 5) is 21.4. The molecule has 8 nitrogen and oxygen atoms in total. The molecule has 0 saturated carbocycles. The Kier molecular flexibility index (Phi) is 6.76. The summed E-state index contributed by atoms with van der Waals surface area (Å²) in [6.07, 6.45) is -4.44. The highest BCUT2D eigenvalue weighted by molar-refractivity contribution is 5.73. The predicted octanol–water partition coefficient (Wildman–Crippen LogP) is -1.14. The Morgan fingerprint density at radius 3 is 2.81 bits per heavy atom. The summed E-state index contributed by atoms with van der Waals surface area (Å²) < 4.78 is 10.4. The molecule has 0 radical (unpaired) electrons. The number of carbonyl (C=O) groups excluding carboxylic acids is 1. The number of rotatable bonds is 8. The first-order valence-electron chi connectivity index (χ1n) is 6.58. The molecule has 0 bridgehead atoms. The number of carboxylic acid groups (broad SMARTS) is 1. The molecule has 3 unspecified atom stereocenters. The number of hydrogen-bond donors (Lipinski definition) is 4. The topological polar surface area (TPSA) is 125 Å². The number of carboxylic acids is 1. The van der Waals surface area contributed by atoms with Crippen molar-refractivity contribution < 1.29 is 34.4 Å². The van der Waals surface area contributed by atoms with Gasteiger partial charge in [0.2, 0.25) is 0 Å². The van der Waals surface area contributed by atoms with E-state index in [0.717, 1.165) is 6.29 Å². The second-order valence-corrected chi connectivity index (χ2v) is 5.03. The number of nitrogens with one attached hydrogen (secondary N) is 1. The highest BCUT2D eigenvalue weighted by Gasteiger charge is 2.41. The molecule has 8 heteroatoms. The summed E-state index contributed by atoms with van der Waals surface area (Å²) in [5.74, 6) is -1.53. The Bertz CT molecular complexity index is 387. The van der Waals surface area contributed by atoms with E-state index >= 15 is 0 Å². The first-order chi connectivity index (χ1) is 9.85. The molecule has 1 aliphatic rings. The number of aliphatic carboxylic acids is 1. The van der Waals surface area contributed by atoms with Crippen LogP contribution in [-0.2, 0) is 19.1 Å². The molecule has 1 fully saturated rings. The molecule has 0 aromatic carbocycles. The highest BCUT2D eigenvalue weighted by atomic mass is 16.7. The van der Waals surface area contributed by atoms with Gasteiger partial charge < -0.3 is 34.9 Å². The van der Waals surface area contributed by atoms with E-state index in [-0.39, 0.29) is 18.9 Å². The van der Waals surface area contributed by atoms with E-state index in [0.29, 0.717) is 12.2 Å². The maximum atomic E-state index is 10.9. The zero-order chi connectivity index (χ0) is 16.0. The van der Waals surface area contributed by atoms with Crippen molar-refractivity contribution in [2.75, 3.05) is 13.2 Å². The number of aliphatic hydroxyl groups excluding tert-OH is 2.